The molecule has 0 amide bonds. The minimum atomic E-state index is 0. The zero-order valence-electron chi connectivity index (χ0n) is 5.81. The van der Waals surface area contributed by atoms with Gasteiger partial charge in [-0.25, -0.2) is 0 Å². The predicted octanol–water partition coefficient (Wildman–Crippen LogP) is 1.35. The van der Waals surface area contributed by atoms with Crippen LogP contribution in [0.1, 0.15) is 33.6 Å². The minimum absolute atomic E-state index is 0. The highest BCUT2D eigenvalue weighted by Crippen LogP contribution is 2.06. The Balaban J connectivity index is 0.000000810. The van der Waals surface area contributed by atoms with Gasteiger partial charge in [0.05, 0.1) is 6.04 Å². The monoisotopic (exact) mass is 143 g/mol. The molecule has 1 N–H and O–H groups in total. The van der Waals surface area contributed by atoms with Crippen LogP contribution in [-0.2, 0) is 4.79 Å². The number of hydrogen-bond donors (Lipinski definition) is 1. The van der Waals surface area contributed by atoms with Crippen molar-refractivity contribution in [2.24, 2.45) is 0 Å². The fraction of sp³-hybridized carbons (Fsp3) is 0.875. The van der Waals surface area contributed by atoms with Gasteiger partial charge in [-0.2, -0.15) is 0 Å². The van der Waals surface area contributed by atoms with Gasteiger partial charge in [0.1, 0.15) is 5.78 Å². The highest BCUT2D eigenvalue weighted by atomic mass is 16.1. The fourth-order valence-electron chi connectivity index (χ4n) is 1.21. The van der Waals surface area contributed by atoms with Gasteiger partial charge in [-0.1, -0.05) is 14.4 Å². The van der Waals surface area contributed by atoms with Gasteiger partial charge in [0.25, 0.3) is 0 Å². The Labute approximate surface area is 63.0 Å². The number of Topliss-reactive ketones (excluding diaryl/α,β-unsaturated/α-hetero) is 1. The number of ketones is 1. The summed E-state index contributed by atoms with van der Waals surface area (Å²) < 4.78 is 0. The van der Waals surface area contributed by atoms with Crippen molar-refractivity contribution in [2.45, 2.75) is 39.7 Å². The average molecular weight is 143 g/mol. The molecule has 0 aliphatic carbocycles. The maximum Gasteiger partial charge on any atom is 0.149 e. The second-order valence-corrected chi connectivity index (χ2v) is 2.47. The van der Waals surface area contributed by atoms with E-state index >= 15 is 0 Å². The molecule has 60 valence electrons. The summed E-state index contributed by atoms with van der Waals surface area (Å²) in [5, 5.41) is 3.16. The van der Waals surface area contributed by atoms with Crippen LogP contribution in [0.5, 0.6) is 0 Å². The van der Waals surface area contributed by atoms with E-state index in [1.807, 2.05) is 6.92 Å². The first-order valence-electron chi connectivity index (χ1n) is 3.60. The molecule has 1 aliphatic rings. The van der Waals surface area contributed by atoms with Crippen LogP contribution in [-0.4, -0.2) is 18.4 Å². The average Bonchev–Trinajstić information content (AvgIpc) is 2.37. The van der Waals surface area contributed by atoms with E-state index in [0.29, 0.717) is 12.2 Å². The number of carbonyl (C=O) groups is 1. The zero-order valence-corrected chi connectivity index (χ0v) is 5.81. The van der Waals surface area contributed by atoms with Crippen molar-refractivity contribution in [3.05, 3.63) is 0 Å². The standard InChI is InChI=1S/C7H13NO.CH4/c1-2-7(9)6-4-3-5-8-6;/h6,8H,2-5H2,1H3;1H4. The number of carbonyl (C=O) groups excluding carboxylic acids is 1. The smallest absolute Gasteiger partial charge is 0.149 e. The molecule has 1 fully saturated rings. The van der Waals surface area contributed by atoms with Crippen LogP contribution in [0.3, 0.4) is 0 Å². The molecule has 0 aromatic rings. The molecule has 10 heavy (non-hydrogen) atoms. The molecule has 1 atom stereocenters. The van der Waals surface area contributed by atoms with Crippen molar-refractivity contribution in [2.75, 3.05) is 6.54 Å². The van der Waals surface area contributed by atoms with E-state index in [9.17, 15) is 4.79 Å². The summed E-state index contributed by atoms with van der Waals surface area (Å²) >= 11 is 0. The third kappa shape index (κ3) is 2.10. The second-order valence-electron chi connectivity index (χ2n) is 2.47. The summed E-state index contributed by atoms with van der Waals surface area (Å²) in [7, 11) is 0. The SMILES string of the molecule is C.CCC(=O)C1CCCN1. The molecule has 2 heteroatoms. The molecule has 0 bridgehead atoms. The Morgan fingerprint density at radius 1 is 1.70 bits per heavy atom. The van der Waals surface area contributed by atoms with Gasteiger partial charge in [0.2, 0.25) is 0 Å². The molecule has 0 aromatic heterocycles. The van der Waals surface area contributed by atoms with E-state index in [-0.39, 0.29) is 13.5 Å². The zero-order chi connectivity index (χ0) is 6.69. The molecule has 1 aliphatic heterocycles. The summed E-state index contributed by atoms with van der Waals surface area (Å²) in [6.07, 6.45) is 2.89. The molecule has 1 heterocycles. The Kier molecular flexibility index (Phi) is 4.28. The Bertz CT molecular complexity index is 106. The van der Waals surface area contributed by atoms with Crippen LogP contribution in [0.4, 0.5) is 0 Å². The number of hydrogen-bond acceptors (Lipinski definition) is 2. The lowest BCUT2D eigenvalue weighted by Crippen LogP contribution is -2.29. The second kappa shape index (κ2) is 4.45. The minimum Gasteiger partial charge on any atom is -0.307 e. The van der Waals surface area contributed by atoms with Crippen LogP contribution >= 0.6 is 0 Å². The molecule has 1 saturated heterocycles. The van der Waals surface area contributed by atoms with E-state index in [1.165, 1.54) is 0 Å². The summed E-state index contributed by atoms with van der Waals surface area (Å²) in [6, 6.07) is 0.190. The third-order valence-electron chi connectivity index (χ3n) is 1.80. The van der Waals surface area contributed by atoms with Crippen molar-refractivity contribution in [1.29, 1.82) is 0 Å². The molecule has 1 rings (SSSR count). The quantitative estimate of drug-likeness (QED) is 0.632. The first-order valence-corrected chi connectivity index (χ1v) is 3.60. The maximum absolute atomic E-state index is 11.0. The lowest BCUT2D eigenvalue weighted by Gasteiger charge is -2.04. The molecule has 0 spiro atoms. The van der Waals surface area contributed by atoms with Crippen molar-refractivity contribution >= 4 is 5.78 Å². The Hall–Kier alpha value is -0.370. The molecule has 0 radical (unpaired) electrons. The van der Waals surface area contributed by atoms with E-state index < -0.39 is 0 Å². The van der Waals surface area contributed by atoms with Crippen molar-refractivity contribution in [3.8, 4) is 0 Å². The van der Waals surface area contributed by atoms with Crippen LogP contribution in [0, 0.1) is 0 Å². The van der Waals surface area contributed by atoms with Gasteiger partial charge in [0, 0.05) is 6.42 Å². The molecule has 2 nitrogen and oxygen atoms in total. The van der Waals surface area contributed by atoms with Crippen LogP contribution in [0.25, 0.3) is 0 Å². The van der Waals surface area contributed by atoms with Gasteiger partial charge in [0.15, 0.2) is 0 Å². The highest BCUT2D eigenvalue weighted by Gasteiger charge is 2.19. The largest absolute Gasteiger partial charge is 0.307 e. The Morgan fingerprint density at radius 2 is 2.40 bits per heavy atom. The molecular weight excluding hydrogens is 126 g/mol. The molecular formula is C8H17NO. The Morgan fingerprint density at radius 3 is 2.80 bits per heavy atom. The first kappa shape index (κ1) is 9.63. The van der Waals surface area contributed by atoms with E-state index in [1.54, 1.807) is 0 Å². The third-order valence-corrected chi connectivity index (χ3v) is 1.80. The molecule has 0 saturated carbocycles. The van der Waals surface area contributed by atoms with Crippen LogP contribution in [0.15, 0.2) is 0 Å². The summed E-state index contributed by atoms with van der Waals surface area (Å²) in [5.74, 6) is 0.368. The van der Waals surface area contributed by atoms with Gasteiger partial charge >= 0.3 is 0 Å². The lowest BCUT2D eigenvalue weighted by atomic mass is 10.1. The number of rotatable bonds is 2. The van der Waals surface area contributed by atoms with Gasteiger partial charge in [-0.3, -0.25) is 4.79 Å². The summed E-state index contributed by atoms with van der Waals surface area (Å²) in [4.78, 5) is 11.0. The van der Waals surface area contributed by atoms with Crippen molar-refractivity contribution < 1.29 is 4.79 Å². The van der Waals surface area contributed by atoms with E-state index in [2.05, 4.69) is 5.32 Å². The first-order chi connectivity index (χ1) is 4.34. The summed E-state index contributed by atoms with van der Waals surface area (Å²) in [5.41, 5.74) is 0. The van der Waals surface area contributed by atoms with E-state index in [0.717, 1.165) is 19.4 Å². The molecule has 1 unspecified atom stereocenters. The van der Waals surface area contributed by atoms with Gasteiger partial charge in [-0.05, 0) is 19.4 Å². The van der Waals surface area contributed by atoms with Crippen LogP contribution < -0.4 is 5.32 Å². The molecule has 0 aromatic carbocycles. The topological polar surface area (TPSA) is 29.1 Å². The lowest BCUT2D eigenvalue weighted by molar-refractivity contribution is -0.120. The highest BCUT2D eigenvalue weighted by molar-refractivity contribution is 5.83. The van der Waals surface area contributed by atoms with Crippen molar-refractivity contribution in [3.63, 3.8) is 0 Å². The fourth-order valence-corrected chi connectivity index (χ4v) is 1.21. The maximum atomic E-state index is 11.0. The van der Waals surface area contributed by atoms with Crippen LogP contribution in [0.2, 0.25) is 0 Å². The normalized spacial score (nSPS) is 23.9. The predicted molar refractivity (Wildman–Crippen MR) is 43.1 cm³/mol. The van der Waals surface area contributed by atoms with Crippen molar-refractivity contribution in [1.82, 2.24) is 5.32 Å². The summed E-state index contributed by atoms with van der Waals surface area (Å²) in [6.45, 7) is 2.94. The van der Waals surface area contributed by atoms with Gasteiger partial charge < -0.3 is 5.32 Å². The van der Waals surface area contributed by atoms with E-state index in [4.69, 9.17) is 0 Å². The number of nitrogens with one attached hydrogen (secondary N) is 1. The van der Waals surface area contributed by atoms with Gasteiger partial charge in [-0.15, -0.1) is 0 Å².